The number of hydrogen-bond acceptors (Lipinski definition) is 8. The van der Waals surface area contributed by atoms with Gasteiger partial charge in [0.2, 0.25) is 0 Å². The molecule has 1 fully saturated rings. The molecule has 0 aromatic heterocycles. The molecule has 1 aliphatic heterocycles. The lowest BCUT2D eigenvalue weighted by molar-refractivity contribution is -0.325. The molecule has 0 bridgehead atoms. The summed E-state index contributed by atoms with van der Waals surface area (Å²) in [5.41, 5.74) is -1.39. The van der Waals surface area contributed by atoms with Crippen molar-refractivity contribution in [1.29, 1.82) is 0 Å². The van der Waals surface area contributed by atoms with E-state index >= 15 is 0 Å². The van der Waals surface area contributed by atoms with Crippen molar-refractivity contribution in [3.8, 4) is 0 Å². The van der Waals surface area contributed by atoms with E-state index in [-0.39, 0.29) is 5.56 Å². The molecule has 1 aliphatic rings. The van der Waals surface area contributed by atoms with Gasteiger partial charge in [0, 0.05) is 0 Å². The first-order valence-electron chi connectivity index (χ1n) is 6.16. The number of aliphatic hydroxyl groups is 5. The molecule has 1 heterocycles. The summed E-state index contributed by atoms with van der Waals surface area (Å²) < 4.78 is 4.96. The van der Waals surface area contributed by atoms with Gasteiger partial charge in [0.15, 0.2) is 6.29 Å². The maximum absolute atomic E-state index is 10.7. The zero-order valence-electron chi connectivity index (χ0n) is 10.8. The van der Waals surface area contributed by atoms with Crippen LogP contribution in [-0.4, -0.2) is 61.9 Å². The number of rotatable bonds is 3. The molecule has 0 radical (unpaired) electrons. The van der Waals surface area contributed by atoms with Crippen LogP contribution in [0.5, 0.6) is 0 Å². The van der Waals surface area contributed by atoms with Crippen LogP contribution >= 0.6 is 12.2 Å². The van der Waals surface area contributed by atoms with E-state index in [1.165, 1.54) is 24.3 Å². The second-order valence-electron chi connectivity index (χ2n) is 4.71. The highest BCUT2D eigenvalue weighted by atomic mass is 32.1. The predicted octanol–water partition coefficient (Wildman–Crippen LogP) is -0.960. The number of aliphatic hydroxyl groups excluding tert-OH is 4. The first-order chi connectivity index (χ1) is 9.94. The second-order valence-corrected chi connectivity index (χ2v) is 4.89. The molecule has 1 saturated heterocycles. The van der Waals surface area contributed by atoms with Crippen molar-refractivity contribution in [3.05, 3.63) is 29.8 Å². The molecule has 0 amide bonds. The van der Waals surface area contributed by atoms with E-state index in [9.17, 15) is 25.5 Å². The molecular weight excluding hydrogens is 298 g/mol. The van der Waals surface area contributed by atoms with Gasteiger partial charge in [-0.05, 0) is 29.9 Å². The monoisotopic (exact) mass is 313 g/mol. The molecule has 2 rings (SSSR count). The highest BCUT2D eigenvalue weighted by Gasteiger charge is 2.55. The van der Waals surface area contributed by atoms with E-state index in [0.717, 1.165) is 0 Å². The van der Waals surface area contributed by atoms with Gasteiger partial charge >= 0.3 is 0 Å². The van der Waals surface area contributed by atoms with Gasteiger partial charge in [-0.25, -0.2) is 0 Å². The minimum Gasteiger partial charge on any atom is -0.394 e. The third-order valence-corrected chi connectivity index (χ3v) is 3.62. The number of thiocarbonyl (C=S) groups is 1. The topological polar surface area (TPSA) is 123 Å². The molecule has 0 unspecified atom stereocenters. The molecule has 8 heteroatoms. The largest absolute Gasteiger partial charge is 0.394 e. The minimum absolute atomic E-state index is 0.198. The van der Waals surface area contributed by atoms with Crippen LogP contribution in [0.2, 0.25) is 0 Å². The summed E-state index contributed by atoms with van der Waals surface area (Å²) >= 11 is 4.48. The number of aliphatic imine (C=N–C) groups is 1. The van der Waals surface area contributed by atoms with Crippen molar-refractivity contribution in [3.63, 3.8) is 0 Å². The third-order valence-electron chi connectivity index (χ3n) is 3.53. The van der Waals surface area contributed by atoms with Crippen molar-refractivity contribution in [2.75, 3.05) is 6.61 Å². The van der Waals surface area contributed by atoms with E-state index in [4.69, 9.17) is 4.74 Å². The van der Waals surface area contributed by atoms with E-state index in [1.54, 1.807) is 0 Å². The molecular formula is C13H15NO6S. The average molecular weight is 313 g/mol. The van der Waals surface area contributed by atoms with Crippen molar-refractivity contribution in [2.45, 2.75) is 30.2 Å². The summed E-state index contributed by atoms with van der Waals surface area (Å²) in [6, 6.07) is 5.94. The van der Waals surface area contributed by atoms with Crippen LogP contribution < -0.4 is 0 Å². The van der Waals surface area contributed by atoms with Crippen LogP contribution in [0.4, 0.5) is 5.69 Å². The number of isothiocyanates is 1. The normalized spacial score (nSPS) is 36.0. The van der Waals surface area contributed by atoms with Crippen LogP contribution in [0.3, 0.4) is 0 Å². The summed E-state index contributed by atoms with van der Waals surface area (Å²) in [5, 5.41) is 51.4. The van der Waals surface area contributed by atoms with Crippen LogP contribution in [0, 0.1) is 0 Å². The number of ether oxygens (including phenoxy) is 1. The summed E-state index contributed by atoms with van der Waals surface area (Å²) in [4.78, 5) is 3.75. The van der Waals surface area contributed by atoms with Crippen LogP contribution in [0.1, 0.15) is 5.56 Å². The zero-order chi connectivity index (χ0) is 15.6. The highest BCUT2D eigenvalue weighted by molar-refractivity contribution is 7.78. The Morgan fingerprint density at radius 3 is 2.38 bits per heavy atom. The molecule has 114 valence electrons. The molecule has 5 N–H and O–H groups in total. The predicted molar refractivity (Wildman–Crippen MR) is 75.0 cm³/mol. The van der Waals surface area contributed by atoms with Crippen LogP contribution in [0.25, 0.3) is 0 Å². The fourth-order valence-electron chi connectivity index (χ4n) is 2.35. The Kier molecular flexibility index (Phi) is 4.82. The van der Waals surface area contributed by atoms with Crippen molar-refractivity contribution in [2.24, 2.45) is 4.99 Å². The molecule has 7 nitrogen and oxygen atoms in total. The van der Waals surface area contributed by atoms with Crippen LogP contribution in [-0.2, 0) is 10.3 Å². The Hall–Kier alpha value is -1.22. The SMILES string of the molecule is OC[C@H]1O[C@H](O)[C@H](O)[C@@H](O)[C@@]1(O)c1ccc(N=C=S)cc1. The minimum atomic E-state index is -2.08. The van der Waals surface area contributed by atoms with Gasteiger partial charge in [0.25, 0.3) is 0 Å². The standard InChI is InChI=1S/C13H15NO6S/c15-5-9-13(19,11(17)10(16)12(18)20-9)7-1-3-8(4-2-7)14-6-21/h1-4,9-12,15-19H,5H2/t9-,10-,11-,12+,13-/m1/s1. The quantitative estimate of drug-likeness (QED) is 0.360. The van der Waals surface area contributed by atoms with Gasteiger partial charge in [0.05, 0.1) is 17.5 Å². The fourth-order valence-corrected chi connectivity index (χ4v) is 2.46. The number of hydrogen-bond donors (Lipinski definition) is 5. The van der Waals surface area contributed by atoms with Gasteiger partial charge in [-0.3, -0.25) is 0 Å². The van der Waals surface area contributed by atoms with Gasteiger partial charge < -0.3 is 30.3 Å². The van der Waals surface area contributed by atoms with Gasteiger partial charge in [-0.2, -0.15) is 4.99 Å². The van der Waals surface area contributed by atoms with Crippen molar-refractivity contribution in [1.82, 2.24) is 0 Å². The lowest BCUT2D eigenvalue weighted by Crippen LogP contribution is -2.64. The second kappa shape index (κ2) is 6.27. The summed E-state index contributed by atoms with van der Waals surface area (Å²) in [6.45, 7) is -0.656. The first-order valence-corrected chi connectivity index (χ1v) is 6.57. The molecule has 5 atom stereocenters. The average Bonchev–Trinajstić information content (AvgIpc) is 2.50. The highest BCUT2D eigenvalue weighted by Crippen LogP contribution is 2.38. The van der Waals surface area contributed by atoms with E-state index in [1.807, 2.05) is 0 Å². The smallest absolute Gasteiger partial charge is 0.184 e. The maximum Gasteiger partial charge on any atom is 0.184 e. The van der Waals surface area contributed by atoms with Gasteiger partial charge in [0.1, 0.15) is 23.9 Å². The molecule has 0 spiro atoms. The Morgan fingerprint density at radius 1 is 1.24 bits per heavy atom. The van der Waals surface area contributed by atoms with Crippen molar-refractivity contribution < 1.29 is 30.3 Å². The summed E-state index contributed by atoms with van der Waals surface area (Å²) in [6.07, 6.45) is -6.45. The lowest BCUT2D eigenvalue weighted by atomic mass is 9.78. The Balaban J connectivity index is 2.43. The molecule has 0 aliphatic carbocycles. The number of nitrogens with zero attached hydrogens (tertiary/aromatic N) is 1. The molecule has 0 saturated carbocycles. The fraction of sp³-hybridized carbons (Fsp3) is 0.462. The molecule has 1 aromatic carbocycles. The van der Waals surface area contributed by atoms with Crippen LogP contribution in [0.15, 0.2) is 29.3 Å². The van der Waals surface area contributed by atoms with E-state index in [2.05, 4.69) is 22.4 Å². The summed E-state index contributed by atoms with van der Waals surface area (Å²) in [7, 11) is 0. The first kappa shape index (κ1) is 16.2. The Bertz CT molecular complexity index is 542. The van der Waals surface area contributed by atoms with E-state index < -0.39 is 36.8 Å². The third kappa shape index (κ3) is 2.76. The molecule has 21 heavy (non-hydrogen) atoms. The van der Waals surface area contributed by atoms with E-state index in [0.29, 0.717) is 5.69 Å². The Labute approximate surface area is 125 Å². The van der Waals surface area contributed by atoms with Gasteiger partial charge in [-0.15, -0.1) is 0 Å². The number of benzene rings is 1. The zero-order valence-corrected chi connectivity index (χ0v) is 11.6. The maximum atomic E-state index is 10.7. The Morgan fingerprint density at radius 2 is 1.86 bits per heavy atom. The lowest BCUT2D eigenvalue weighted by Gasteiger charge is -2.46. The van der Waals surface area contributed by atoms with Crippen molar-refractivity contribution >= 4 is 23.1 Å². The van der Waals surface area contributed by atoms with Gasteiger partial charge in [-0.1, -0.05) is 12.1 Å². The molecule has 1 aromatic rings. The summed E-state index contributed by atoms with van der Waals surface area (Å²) in [5.74, 6) is 0.